The lowest BCUT2D eigenvalue weighted by Gasteiger charge is -2.54. The fraction of sp³-hybridized carbons (Fsp3) is 0.333. The second kappa shape index (κ2) is 9.39. The largest absolute Gasteiger partial charge is 0.468 e. The Balaban J connectivity index is 1.48. The van der Waals surface area contributed by atoms with Crippen molar-refractivity contribution in [2.75, 3.05) is 0 Å². The summed E-state index contributed by atoms with van der Waals surface area (Å²) in [5, 5.41) is 17.7. The van der Waals surface area contributed by atoms with Crippen LogP contribution in [0.3, 0.4) is 0 Å². The molecule has 1 saturated carbocycles. The van der Waals surface area contributed by atoms with Gasteiger partial charge in [0.05, 0.1) is 11.2 Å². The van der Waals surface area contributed by atoms with Gasteiger partial charge in [0.15, 0.2) is 12.4 Å². The van der Waals surface area contributed by atoms with E-state index >= 15 is 0 Å². The van der Waals surface area contributed by atoms with E-state index in [1.165, 1.54) is 4.57 Å². The number of amides is 1. The fourth-order valence-electron chi connectivity index (χ4n) is 5.97. The Morgan fingerprint density at radius 1 is 1.05 bits per heavy atom. The maximum atomic E-state index is 13.8. The molecule has 3 heterocycles. The first-order valence-electron chi connectivity index (χ1n) is 13.2. The van der Waals surface area contributed by atoms with E-state index in [9.17, 15) is 18.7 Å². The van der Waals surface area contributed by atoms with Crippen LogP contribution < -0.4 is 4.74 Å². The number of carboxylic acid groups (broad SMARTS) is 1. The van der Waals surface area contributed by atoms with Crippen LogP contribution in [-0.4, -0.2) is 41.4 Å². The van der Waals surface area contributed by atoms with Crippen LogP contribution in [0.1, 0.15) is 63.7 Å². The lowest BCUT2D eigenvalue weighted by molar-refractivity contribution is -0.0328. The Bertz CT molecular complexity index is 1580. The molecule has 0 spiro atoms. The molecule has 6 rings (SSSR count). The van der Waals surface area contributed by atoms with Gasteiger partial charge in [-0.25, -0.2) is 18.6 Å². The molecule has 1 N–H and O–H groups in total. The summed E-state index contributed by atoms with van der Waals surface area (Å²) in [5.41, 5.74) is 3.15. The minimum atomic E-state index is -2.81. The van der Waals surface area contributed by atoms with E-state index < -0.39 is 29.4 Å². The molecule has 2 aliphatic rings. The number of aromatic nitrogens is 4. The van der Waals surface area contributed by atoms with Crippen molar-refractivity contribution in [3.63, 3.8) is 0 Å². The van der Waals surface area contributed by atoms with Gasteiger partial charge >= 0.3 is 6.09 Å². The maximum Gasteiger partial charge on any atom is 0.408 e. The molecule has 1 fully saturated rings. The summed E-state index contributed by atoms with van der Waals surface area (Å²) in [6.07, 6.45) is -1.28. The first-order chi connectivity index (χ1) is 19.1. The van der Waals surface area contributed by atoms with Crippen molar-refractivity contribution in [3.05, 3.63) is 77.9 Å². The van der Waals surface area contributed by atoms with Crippen molar-refractivity contribution >= 4 is 6.09 Å². The number of benzene rings is 2. The molecule has 0 saturated heterocycles. The summed E-state index contributed by atoms with van der Waals surface area (Å²) in [7, 11) is 0. The van der Waals surface area contributed by atoms with Crippen LogP contribution in [0.5, 0.6) is 5.88 Å². The van der Waals surface area contributed by atoms with Crippen molar-refractivity contribution in [1.82, 2.24) is 24.6 Å². The Morgan fingerprint density at radius 3 is 2.33 bits per heavy atom. The van der Waals surface area contributed by atoms with Crippen LogP contribution in [-0.2, 0) is 12.1 Å². The molecule has 4 aromatic rings. The third-order valence-corrected chi connectivity index (χ3v) is 7.75. The predicted molar refractivity (Wildman–Crippen MR) is 144 cm³/mol. The quantitative estimate of drug-likeness (QED) is 0.291. The molecule has 1 amide bonds. The number of halogens is 2. The second-order valence-corrected chi connectivity index (χ2v) is 11.2. The number of hydrogen-bond donors (Lipinski definition) is 1. The summed E-state index contributed by atoms with van der Waals surface area (Å²) in [4.78, 5) is 18.8. The van der Waals surface area contributed by atoms with E-state index in [1.54, 1.807) is 11.0 Å². The minimum absolute atomic E-state index is 0.0247. The zero-order valence-electron chi connectivity index (χ0n) is 22.4. The molecule has 2 aromatic heterocycles. The number of fused-ring (bicyclic) bond motifs is 3. The van der Waals surface area contributed by atoms with E-state index in [4.69, 9.17) is 9.72 Å². The van der Waals surface area contributed by atoms with E-state index in [0.29, 0.717) is 11.4 Å². The van der Waals surface area contributed by atoms with Gasteiger partial charge in [-0.15, -0.1) is 10.2 Å². The summed E-state index contributed by atoms with van der Waals surface area (Å²) < 4.78 is 34.7. The van der Waals surface area contributed by atoms with Crippen molar-refractivity contribution < 1.29 is 23.4 Å². The molecule has 206 valence electrons. The maximum absolute atomic E-state index is 13.8. The van der Waals surface area contributed by atoms with Gasteiger partial charge in [0, 0.05) is 16.7 Å². The summed E-state index contributed by atoms with van der Waals surface area (Å²) >= 11 is 0. The Kier molecular flexibility index (Phi) is 6.08. The number of hydrogen-bond acceptors (Lipinski definition) is 5. The molecule has 0 radical (unpaired) electrons. The Hall–Kier alpha value is -4.34. The summed E-state index contributed by atoms with van der Waals surface area (Å²) in [6, 6.07) is 19.2. The predicted octanol–water partition coefficient (Wildman–Crippen LogP) is 6.98. The molecular weight excluding hydrogens is 516 g/mol. The summed E-state index contributed by atoms with van der Waals surface area (Å²) in [6.45, 7) is 5.72. The number of alkyl halides is 2. The minimum Gasteiger partial charge on any atom is -0.468 e. The zero-order valence-corrected chi connectivity index (χ0v) is 22.4. The van der Waals surface area contributed by atoms with E-state index in [1.807, 2.05) is 75.4 Å². The first kappa shape index (κ1) is 25.9. The van der Waals surface area contributed by atoms with Gasteiger partial charge in [-0.05, 0) is 57.2 Å². The molecule has 0 unspecified atom stereocenters. The highest BCUT2D eigenvalue weighted by Crippen LogP contribution is 2.50. The van der Waals surface area contributed by atoms with Crippen molar-refractivity contribution in [2.24, 2.45) is 0 Å². The molecule has 0 bridgehead atoms. The number of carbonyl (C=O) groups is 1. The molecular formula is C30H29F2N5O3. The number of rotatable bonds is 5. The van der Waals surface area contributed by atoms with Gasteiger partial charge in [0.25, 0.3) is 6.43 Å². The SMILES string of the molecule is CC(C)(C)N(C(=O)O)C1(c2ccc(-c3nc4c(cc3-c3ccccc3)-n3c(nnc3C(F)F)CO4)cc2)CCC1. The molecule has 40 heavy (non-hydrogen) atoms. The first-order valence-corrected chi connectivity index (χ1v) is 13.2. The van der Waals surface area contributed by atoms with Crippen LogP contribution in [0.2, 0.25) is 0 Å². The highest BCUT2D eigenvalue weighted by molar-refractivity contribution is 5.83. The lowest BCUT2D eigenvalue weighted by Crippen LogP contribution is -2.60. The van der Waals surface area contributed by atoms with Crippen molar-refractivity contribution in [3.8, 4) is 34.0 Å². The fourth-order valence-corrected chi connectivity index (χ4v) is 5.97. The lowest BCUT2D eigenvalue weighted by atomic mass is 9.69. The van der Waals surface area contributed by atoms with E-state index in [2.05, 4.69) is 10.2 Å². The van der Waals surface area contributed by atoms with Crippen molar-refractivity contribution in [2.45, 2.75) is 64.1 Å². The van der Waals surface area contributed by atoms with Gasteiger partial charge < -0.3 is 9.84 Å². The standard InChI is InChI=1S/C30H29F2N5O3/c1-29(2,3)37(28(38)39)30(14-7-15-30)20-12-10-19(11-13-20)24-21(18-8-5-4-6-9-18)16-22-27(33-24)40-17-23-34-35-26(25(31)32)36(22)23/h4-6,8-13,16,25H,7,14-15,17H2,1-3H3,(H,38,39). The molecule has 2 aromatic carbocycles. The van der Waals surface area contributed by atoms with E-state index in [0.717, 1.165) is 41.5 Å². The van der Waals surface area contributed by atoms with Gasteiger partial charge in [-0.3, -0.25) is 9.47 Å². The zero-order chi connectivity index (χ0) is 28.2. The van der Waals surface area contributed by atoms with E-state index in [-0.39, 0.29) is 18.3 Å². The Morgan fingerprint density at radius 2 is 1.75 bits per heavy atom. The average molecular weight is 546 g/mol. The molecule has 1 aliphatic heterocycles. The van der Waals surface area contributed by atoms with Crippen LogP contribution in [0.15, 0.2) is 60.7 Å². The Labute approximate surface area is 230 Å². The average Bonchev–Trinajstić information content (AvgIpc) is 3.35. The van der Waals surface area contributed by atoms with Gasteiger partial charge in [-0.1, -0.05) is 54.6 Å². The van der Waals surface area contributed by atoms with Crippen LogP contribution in [0, 0.1) is 0 Å². The number of nitrogens with zero attached hydrogens (tertiary/aromatic N) is 5. The third kappa shape index (κ3) is 4.09. The smallest absolute Gasteiger partial charge is 0.408 e. The second-order valence-electron chi connectivity index (χ2n) is 11.2. The molecule has 10 heteroatoms. The number of ether oxygens (including phenoxy) is 1. The highest BCUT2D eigenvalue weighted by atomic mass is 19.3. The van der Waals surface area contributed by atoms with Crippen molar-refractivity contribution in [1.29, 1.82) is 0 Å². The van der Waals surface area contributed by atoms with Crippen LogP contribution in [0.4, 0.5) is 13.6 Å². The summed E-state index contributed by atoms with van der Waals surface area (Å²) in [5.74, 6) is 0.0478. The van der Waals surface area contributed by atoms with Crippen LogP contribution >= 0.6 is 0 Å². The topological polar surface area (TPSA) is 93.4 Å². The molecule has 0 atom stereocenters. The van der Waals surface area contributed by atoms with Gasteiger partial charge in [0.2, 0.25) is 11.7 Å². The third-order valence-electron chi connectivity index (χ3n) is 7.75. The normalized spacial score (nSPS) is 15.6. The van der Waals surface area contributed by atoms with Gasteiger partial charge in [-0.2, -0.15) is 0 Å². The van der Waals surface area contributed by atoms with Crippen LogP contribution in [0.25, 0.3) is 28.1 Å². The number of pyridine rings is 1. The molecule has 8 nitrogen and oxygen atoms in total. The van der Waals surface area contributed by atoms with Gasteiger partial charge in [0.1, 0.15) is 5.69 Å². The molecule has 1 aliphatic carbocycles. The highest BCUT2D eigenvalue weighted by Gasteiger charge is 2.50. The monoisotopic (exact) mass is 545 g/mol.